The maximum absolute atomic E-state index is 13.2. The molecule has 1 heterocycles. The van der Waals surface area contributed by atoms with Crippen LogP contribution in [0.15, 0.2) is 48.5 Å². The molecule has 0 radical (unpaired) electrons. The number of carbonyl (C=O) groups excluding carboxylic acids is 1. The first kappa shape index (κ1) is 18.5. The molecule has 4 nitrogen and oxygen atoms in total. The molecule has 0 bridgehead atoms. The van der Waals surface area contributed by atoms with Gasteiger partial charge in [0.2, 0.25) is 0 Å². The van der Waals surface area contributed by atoms with Crippen LogP contribution in [0.5, 0.6) is 0 Å². The van der Waals surface area contributed by atoms with Crippen molar-refractivity contribution in [3.63, 3.8) is 0 Å². The smallest absolute Gasteiger partial charge is 0.257 e. The molecule has 3 rings (SSSR count). The summed E-state index contributed by atoms with van der Waals surface area (Å²) in [6.45, 7) is 3.29. The normalized spacial score (nSPS) is 14.7. The van der Waals surface area contributed by atoms with Gasteiger partial charge in [0.25, 0.3) is 5.91 Å². The lowest BCUT2D eigenvalue weighted by Crippen LogP contribution is -2.34. The maximum atomic E-state index is 13.2. The zero-order valence-corrected chi connectivity index (χ0v) is 15.3. The molecule has 2 N–H and O–H groups in total. The molecule has 0 atom stereocenters. The number of nitrogens with zero attached hydrogens (tertiary/aromatic N) is 1. The number of carbonyl (C=O) groups is 1. The highest BCUT2D eigenvalue weighted by Crippen LogP contribution is 2.15. The Bertz CT molecular complexity index is 773. The number of anilines is 1. The zero-order chi connectivity index (χ0) is 18.4. The SMILES string of the molecule is O=C(NC(=S)Nc1ccc(CN2CCCCC2)cc1)c1cccc(F)c1. The van der Waals surface area contributed by atoms with Gasteiger partial charge in [0, 0.05) is 17.8 Å². The molecule has 1 fully saturated rings. The van der Waals surface area contributed by atoms with E-state index in [1.54, 1.807) is 0 Å². The van der Waals surface area contributed by atoms with E-state index in [9.17, 15) is 9.18 Å². The predicted molar refractivity (Wildman–Crippen MR) is 106 cm³/mol. The van der Waals surface area contributed by atoms with Crippen molar-refractivity contribution in [2.75, 3.05) is 18.4 Å². The summed E-state index contributed by atoms with van der Waals surface area (Å²) in [5.41, 5.74) is 2.29. The van der Waals surface area contributed by atoms with E-state index in [1.807, 2.05) is 12.1 Å². The van der Waals surface area contributed by atoms with E-state index in [0.29, 0.717) is 0 Å². The molecule has 6 heteroatoms. The molecule has 2 aromatic rings. The van der Waals surface area contributed by atoms with Gasteiger partial charge in [0.05, 0.1) is 0 Å². The maximum Gasteiger partial charge on any atom is 0.257 e. The standard InChI is InChI=1S/C20H22FN3OS/c21-17-6-4-5-16(13-17)19(25)23-20(26)22-18-9-7-15(8-10-18)14-24-11-2-1-3-12-24/h4-10,13H,1-3,11-12,14H2,(H2,22,23,25,26). The van der Waals surface area contributed by atoms with Gasteiger partial charge in [-0.1, -0.05) is 24.6 Å². The number of benzene rings is 2. The summed E-state index contributed by atoms with van der Waals surface area (Å²) in [6, 6.07) is 13.5. The van der Waals surface area contributed by atoms with Gasteiger partial charge in [0.1, 0.15) is 5.82 Å². The molecule has 1 aliphatic heterocycles. The number of halogens is 1. The van der Waals surface area contributed by atoms with Crippen molar-refractivity contribution in [3.05, 3.63) is 65.5 Å². The number of hydrogen-bond donors (Lipinski definition) is 2. The van der Waals surface area contributed by atoms with Crippen LogP contribution in [0.2, 0.25) is 0 Å². The van der Waals surface area contributed by atoms with Crippen LogP contribution in [0.1, 0.15) is 35.2 Å². The van der Waals surface area contributed by atoms with E-state index >= 15 is 0 Å². The highest BCUT2D eigenvalue weighted by atomic mass is 32.1. The Morgan fingerprint density at radius 2 is 1.81 bits per heavy atom. The minimum absolute atomic E-state index is 0.183. The molecule has 0 saturated carbocycles. The van der Waals surface area contributed by atoms with E-state index in [1.165, 1.54) is 49.1 Å². The summed E-state index contributed by atoms with van der Waals surface area (Å²) in [5.74, 6) is -0.899. The van der Waals surface area contributed by atoms with Crippen LogP contribution in [0.4, 0.5) is 10.1 Å². The Balaban J connectivity index is 1.51. The quantitative estimate of drug-likeness (QED) is 0.799. The number of hydrogen-bond acceptors (Lipinski definition) is 3. The van der Waals surface area contributed by atoms with Crippen LogP contribution in [-0.4, -0.2) is 29.0 Å². The molecule has 1 amide bonds. The molecule has 1 aliphatic rings. The van der Waals surface area contributed by atoms with Gasteiger partial charge in [-0.05, 0) is 74.0 Å². The summed E-state index contributed by atoms with van der Waals surface area (Å²) in [4.78, 5) is 14.5. The van der Waals surface area contributed by atoms with Crippen LogP contribution in [0.25, 0.3) is 0 Å². The van der Waals surface area contributed by atoms with Crippen molar-refractivity contribution in [2.24, 2.45) is 0 Å². The van der Waals surface area contributed by atoms with Gasteiger partial charge in [-0.15, -0.1) is 0 Å². The first-order valence-corrected chi connectivity index (χ1v) is 9.20. The lowest BCUT2D eigenvalue weighted by Gasteiger charge is -2.26. The average Bonchev–Trinajstić information content (AvgIpc) is 2.64. The van der Waals surface area contributed by atoms with Gasteiger partial charge >= 0.3 is 0 Å². The van der Waals surface area contributed by atoms with Gasteiger partial charge in [-0.25, -0.2) is 4.39 Å². The topological polar surface area (TPSA) is 44.4 Å². The van der Waals surface area contributed by atoms with Crippen molar-refractivity contribution in [1.82, 2.24) is 10.2 Å². The van der Waals surface area contributed by atoms with Gasteiger partial charge < -0.3 is 5.32 Å². The van der Waals surface area contributed by atoms with E-state index < -0.39 is 11.7 Å². The van der Waals surface area contributed by atoms with Crippen molar-refractivity contribution >= 4 is 28.9 Å². The lowest BCUT2D eigenvalue weighted by molar-refractivity contribution is 0.0977. The van der Waals surface area contributed by atoms with Crippen molar-refractivity contribution in [2.45, 2.75) is 25.8 Å². The van der Waals surface area contributed by atoms with Crippen LogP contribution in [0.3, 0.4) is 0 Å². The van der Waals surface area contributed by atoms with Crippen LogP contribution >= 0.6 is 12.2 Å². The van der Waals surface area contributed by atoms with Crippen molar-refractivity contribution < 1.29 is 9.18 Å². The highest BCUT2D eigenvalue weighted by Gasteiger charge is 2.11. The fourth-order valence-corrected chi connectivity index (χ4v) is 3.25. The number of thiocarbonyl (C=S) groups is 1. The Labute approximate surface area is 158 Å². The molecule has 26 heavy (non-hydrogen) atoms. The molecule has 0 aromatic heterocycles. The van der Waals surface area contributed by atoms with E-state index in [4.69, 9.17) is 12.2 Å². The summed E-state index contributed by atoms with van der Waals surface area (Å²) in [6.07, 6.45) is 3.88. The van der Waals surface area contributed by atoms with E-state index in [2.05, 4.69) is 27.7 Å². The van der Waals surface area contributed by atoms with Crippen molar-refractivity contribution in [3.8, 4) is 0 Å². The third kappa shape index (κ3) is 5.34. The van der Waals surface area contributed by atoms with Gasteiger partial charge in [-0.2, -0.15) is 0 Å². The molecule has 2 aromatic carbocycles. The molecule has 1 saturated heterocycles. The number of rotatable bonds is 4. The Morgan fingerprint density at radius 3 is 2.50 bits per heavy atom. The predicted octanol–water partition coefficient (Wildman–Crippen LogP) is 3.94. The number of piperidine rings is 1. The second kappa shape index (κ2) is 8.87. The summed E-state index contributed by atoms with van der Waals surface area (Å²) in [5, 5.41) is 5.72. The lowest BCUT2D eigenvalue weighted by atomic mass is 10.1. The number of nitrogens with one attached hydrogen (secondary N) is 2. The number of amides is 1. The summed E-state index contributed by atoms with van der Waals surface area (Å²) in [7, 11) is 0. The molecule has 0 unspecified atom stereocenters. The monoisotopic (exact) mass is 371 g/mol. The Hall–Kier alpha value is -2.31. The summed E-state index contributed by atoms with van der Waals surface area (Å²) < 4.78 is 13.2. The van der Waals surface area contributed by atoms with Crippen LogP contribution in [0, 0.1) is 5.82 Å². The Morgan fingerprint density at radius 1 is 1.08 bits per heavy atom. The van der Waals surface area contributed by atoms with E-state index in [-0.39, 0.29) is 10.7 Å². The fraction of sp³-hybridized carbons (Fsp3) is 0.300. The van der Waals surface area contributed by atoms with Gasteiger partial charge in [-0.3, -0.25) is 15.0 Å². The third-order valence-corrected chi connectivity index (χ3v) is 4.58. The minimum Gasteiger partial charge on any atom is -0.332 e. The van der Waals surface area contributed by atoms with Crippen molar-refractivity contribution in [1.29, 1.82) is 0 Å². The van der Waals surface area contributed by atoms with Crippen LogP contribution in [-0.2, 0) is 6.54 Å². The molecule has 0 spiro atoms. The zero-order valence-electron chi connectivity index (χ0n) is 14.5. The first-order valence-electron chi connectivity index (χ1n) is 8.79. The third-order valence-electron chi connectivity index (χ3n) is 4.38. The number of likely N-dealkylation sites (tertiary alicyclic amines) is 1. The molecule has 136 valence electrons. The molecular weight excluding hydrogens is 349 g/mol. The largest absolute Gasteiger partial charge is 0.332 e. The molecule has 0 aliphatic carbocycles. The summed E-state index contributed by atoms with van der Waals surface area (Å²) >= 11 is 5.16. The second-order valence-corrected chi connectivity index (χ2v) is 6.86. The van der Waals surface area contributed by atoms with Crippen LogP contribution < -0.4 is 10.6 Å². The average molecular weight is 371 g/mol. The first-order chi connectivity index (χ1) is 12.6. The van der Waals surface area contributed by atoms with Gasteiger partial charge in [0.15, 0.2) is 5.11 Å². The van der Waals surface area contributed by atoms with E-state index in [0.717, 1.165) is 25.3 Å². The minimum atomic E-state index is -0.458. The Kier molecular flexibility index (Phi) is 6.30. The molecular formula is C20H22FN3OS. The fourth-order valence-electron chi connectivity index (χ4n) is 3.04. The highest BCUT2D eigenvalue weighted by molar-refractivity contribution is 7.80. The second-order valence-electron chi connectivity index (χ2n) is 6.45.